The summed E-state index contributed by atoms with van der Waals surface area (Å²) in [5.74, 6) is -1.02. The minimum absolute atomic E-state index is 0.0303. The van der Waals surface area contributed by atoms with Crippen molar-refractivity contribution >= 4 is 11.9 Å². The predicted molar refractivity (Wildman–Crippen MR) is 55.4 cm³/mol. The zero-order valence-electron chi connectivity index (χ0n) is 9.12. The first-order valence-corrected chi connectivity index (χ1v) is 5.29. The first kappa shape index (κ1) is 12.0. The highest BCUT2D eigenvalue weighted by atomic mass is 16.4. The molecule has 0 aliphatic carbocycles. The van der Waals surface area contributed by atoms with Crippen molar-refractivity contribution in [3.05, 3.63) is 0 Å². The van der Waals surface area contributed by atoms with Gasteiger partial charge in [-0.25, -0.2) is 0 Å². The van der Waals surface area contributed by atoms with Crippen LogP contribution in [0.2, 0.25) is 0 Å². The van der Waals surface area contributed by atoms with Gasteiger partial charge in [0.25, 0.3) is 0 Å². The Labute approximate surface area is 89.2 Å². The average Bonchev–Trinajstić information content (AvgIpc) is 2.15. The molecule has 1 heterocycles. The van der Waals surface area contributed by atoms with E-state index >= 15 is 0 Å². The summed E-state index contributed by atoms with van der Waals surface area (Å²) < 4.78 is 0. The molecule has 0 aromatic carbocycles. The van der Waals surface area contributed by atoms with E-state index < -0.39 is 12.0 Å². The summed E-state index contributed by atoms with van der Waals surface area (Å²) in [6.45, 7) is 4.34. The molecule has 0 spiro atoms. The molecule has 5 nitrogen and oxygen atoms in total. The van der Waals surface area contributed by atoms with Gasteiger partial charge < -0.3 is 10.4 Å². The predicted octanol–water partition coefficient (Wildman–Crippen LogP) is -0.0362. The number of hydrogen-bond acceptors (Lipinski definition) is 3. The highest BCUT2D eigenvalue weighted by molar-refractivity contribution is 5.83. The topological polar surface area (TPSA) is 78.4 Å². The van der Waals surface area contributed by atoms with Crippen LogP contribution in [0.3, 0.4) is 0 Å². The molecule has 3 N–H and O–H groups in total. The van der Waals surface area contributed by atoms with Crippen LogP contribution in [0.1, 0.15) is 26.7 Å². The third-order valence-electron chi connectivity index (χ3n) is 2.60. The molecule has 2 atom stereocenters. The summed E-state index contributed by atoms with van der Waals surface area (Å²) >= 11 is 0. The van der Waals surface area contributed by atoms with Gasteiger partial charge in [0.05, 0.1) is 6.04 Å². The van der Waals surface area contributed by atoms with E-state index in [2.05, 4.69) is 10.6 Å². The van der Waals surface area contributed by atoms with Crippen molar-refractivity contribution in [1.82, 2.24) is 10.6 Å². The number of carboxylic acid groups (broad SMARTS) is 1. The Morgan fingerprint density at radius 3 is 2.73 bits per heavy atom. The normalized spacial score (nSPS) is 23.7. The van der Waals surface area contributed by atoms with Crippen LogP contribution >= 0.6 is 0 Å². The number of rotatable bonds is 4. The van der Waals surface area contributed by atoms with Crippen LogP contribution in [-0.2, 0) is 9.59 Å². The maximum Gasteiger partial charge on any atom is 0.320 e. The average molecular weight is 214 g/mol. The number of aliphatic carboxylic acids is 1. The SMILES string of the molecule is CC(C)C(NC1CCCNC1=O)C(=O)O. The molecule has 0 aromatic heterocycles. The summed E-state index contributed by atoms with van der Waals surface area (Å²) in [5, 5.41) is 14.6. The van der Waals surface area contributed by atoms with E-state index in [-0.39, 0.29) is 17.9 Å². The third kappa shape index (κ3) is 3.20. The van der Waals surface area contributed by atoms with Gasteiger partial charge in [-0.3, -0.25) is 14.9 Å². The van der Waals surface area contributed by atoms with Crippen LogP contribution in [0.25, 0.3) is 0 Å². The minimum atomic E-state index is -0.900. The molecule has 1 aliphatic rings. The van der Waals surface area contributed by atoms with Gasteiger partial charge in [0.15, 0.2) is 0 Å². The summed E-state index contributed by atoms with van der Waals surface area (Å²) in [7, 11) is 0. The highest BCUT2D eigenvalue weighted by Crippen LogP contribution is 2.08. The van der Waals surface area contributed by atoms with Crippen molar-refractivity contribution in [2.24, 2.45) is 5.92 Å². The van der Waals surface area contributed by atoms with E-state index in [1.165, 1.54) is 0 Å². The molecule has 0 radical (unpaired) electrons. The van der Waals surface area contributed by atoms with Crippen molar-refractivity contribution < 1.29 is 14.7 Å². The van der Waals surface area contributed by atoms with Crippen LogP contribution in [0, 0.1) is 5.92 Å². The van der Waals surface area contributed by atoms with Crippen LogP contribution in [-0.4, -0.2) is 35.6 Å². The lowest BCUT2D eigenvalue weighted by Crippen LogP contribution is -2.55. The number of hydrogen-bond donors (Lipinski definition) is 3. The zero-order chi connectivity index (χ0) is 11.4. The fourth-order valence-electron chi connectivity index (χ4n) is 1.70. The lowest BCUT2D eigenvalue weighted by atomic mass is 10.0. The van der Waals surface area contributed by atoms with Crippen LogP contribution in [0.5, 0.6) is 0 Å². The Hall–Kier alpha value is -1.10. The molecule has 0 saturated carbocycles. The van der Waals surface area contributed by atoms with Gasteiger partial charge >= 0.3 is 5.97 Å². The lowest BCUT2D eigenvalue weighted by molar-refractivity contribution is -0.141. The van der Waals surface area contributed by atoms with E-state index in [1.807, 2.05) is 13.8 Å². The van der Waals surface area contributed by atoms with E-state index in [0.29, 0.717) is 13.0 Å². The molecule has 2 unspecified atom stereocenters. The second kappa shape index (κ2) is 5.11. The van der Waals surface area contributed by atoms with Gasteiger partial charge in [0, 0.05) is 6.54 Å². The standard InChI is InChI=1S/C10H18N2O3/c1-6(2)8(10(14)15)12-7-4-3-5-11-9(7)13/h6-8,12H,3-5H2,1-2H3,(H,11,13)(H,14,15). The van der Waals surface area contributed by atoms with Crippen LogP contribution < -0.4 is 10.6 Å². The van der Waals surface area contributed by atoms with E-state index in [9.17, 15) is 9.59 Å². The Morgan fingerprint density at radius 2 is 2.27 bits per heavy atom. The van der Waals surface area contributed by atoms with Gasteiger partial charge in [-0.1, -0.05) is 13.8 Å². The van der Waals surface area contributed by atoms with Crippen molar-refractivity contribution in [2.75, 3.05) is 6.54 Å². The molecular formula is C10H18N2O3. The quantitative estimate of drug-likeness (QED) is 0.614. The van der Waals surface area contributed by atoms with Crippen molar-refractivity contribution in [3.63, 3.8) is 0 Å². The number of carbonyl (C=O) groups is 2. The Kier molecular flexibility index (Phi) is 4.08. The number of carbonyl (C=O) groups excluding carboxylic acids is 1. The monoisotopic (exact) mass is 214 g/mol. The first-order valence-electron chi connectivity index (χ1n) is 5.29. The fourth-order valence-corrected chi connectivity index (χ4v) is 1.70. The van der Waals surface area contributed by atoms with Crippen molar-refractivity contribution in [3.8, 4) is 0 Å². The molecule has 1 rings (SSSR count). The van der Waals surface area contributed by atoms with Crippen molar-refractivity contribution in [1.29, 1.82) is 0 Å². The van der Waals surface area contributed by atoms with Gasteiger partial charge in [-0.15, -0.1) is 0 Å². The lowest BCUT2D eigenvalue weighted by Gasteiger charge is -2.27. The van der Waals surface area contributed by atoms with Gasteiger partial charge in [-0.2, -0.15) is 0 Å². The Morgan fingerprint density at radius 1 is 1.60 bits per heavy atom. The summed E-state index contributed by atoms with van der Waals surface area (Å²) in [5.41, 5.74) is 0. The third-order valence-corrected chi connectivity index (χ3v) is 2.60. The number of carboxylic acids is 1. The first-order chi connectivity index (χ1) is 7.02. The number of piperidine rings is 1. The second-order valence-corrected chi connectivity index (χ2v) is 4.21. The number of amides is 1. The fraction of sp³-hybridized carbons (Fsp3) is 0.800. The van der Waals surface area contributed by atoms with Gasteiger partial charge in [-0.05, 0) is 18.8 Å². The molecule has 1 fully saturated rings. The molecular weight excluding hydrogens is 196 g/mol. The summed E-state index contributed by atoms with van der Waals surface area (Å²) in [6.07, 6.45) is 1.61. The van der Waals surface area contributed by atoms with Crippen LogP contribution in [0.15, 0.2) is 0 Å². The van der Waals surface area contributed by atoms with E-state index in [1.54, 1.807) is 0 Å². The Bertz CT molecular complexity index is 253. The zero-order valence-corrected chi connectivity index (χ0v) is 9.12. The summed E-state index contributed by atoms with van der Waals surface area (Å²) in [4.78, 5) is 22.3. The molecule has 15 heavy (non-hydrogen) atoms. The molecule has 1 saturated heterocycles. The Balaban J connectivity index is 2.56. The molecule has 5 heteroatoms. The smallest absolute Gasteiger partial charge is 0.320 e. The number of nitrogens with one attached hydrogen (secondary N) is 2. The molecule has 86 valence electrons. The molecule has 1 amide bonds. The van der Waals surface area contributed by atoms with Gasteiger partial charge in [0.2, 0.25) is 5.91 Å². The maximum atomic E-state index is 11.4. The van der Waals surface area contributed by atoms with Crippen molar-refractivity contribution in [2.45, 2.75) is 38.8 Å². The minimum Gasteiger partial charge on any atom is -0.480 e. The largest absolute Gasteiger partial charge is 0.480 e. The summed E-state index contributed by atoms with van der Waals surface area (Å²) in [6, 6.07) is -1.01. The molecule has 1 aliphatic heterocycles. The molecule has 0 bridgehead atoms. The molecule has 0 aromatic rings. The second-order valence-electron chi connectivity index (χ2n) is 4.21. The highest BCUT2D eigenvalue weighted by Gasteiger charge is 2.29. The van der Waals surface area contributed by atoms with Gasteiger partial charge in [0.1, 0.15) is 6.04 Å². The van der Waals surface area contributed by atoms with Crippen LogP contribution in [0.4, 0.5) is 0 Å². The maximum absolute atomic E-state index is 11.4. The van der Waals surface area contributed by atoms with E-state index in [0.717, 1.165) is 6.42 Å². The van der Waals surface area contributed by atoms with E-state index in [4.69, 9.17) is 5.11 Å².